The van der Waals surface area contributed by atoms with E-state index < -0.39 is 65.6 Å². The Bertz CT molecular complexity index is 2370. The predicted octanol–water partition coefficient (Wildman–Crippen LogP) is 3.13. The van der Waals surface area contributed by atoms with E-state index in [-0.39, 0.29) is 71.0 Å². The first-order valence-corrected chi connectivity index (χ1v) is 22.7. The van der Waals surface area contributed by atoms with Crippen molar-refractivity contribution in [1.29, 1.82) is 0 Å². The van der Waals surface area contributed by atoms with E-state index in [9.17, 15) is 31.0 Å². The summed E-state index contributed by atoms with van der Waals surface area (Å²) in [4.78, 5) is 31.0. The lowest BCUT2D eigenvalue weighted by Gasteiger charge is -2.27. The number of fused-ring (bicyclic) bond motifs is 8. The molecule has 4 aliphatic heterocycles. The van der Waals surface area contributed by atoms with Crippen LogP contribution in [-0.2, 0) is 47.7 Å². The third kappa shape index (κ3) is 7.91. The number of thiol groups is 2. The third-order valence-corrected chi connectivity index (χ3v) is 13.4. The van der Waals surface area contributed by atoms with Crippen LogP contribution in [0.2, 0.25) is 0 Å². The second kappa shape index (κ2) is 16.4. The van der Waals surface area contributed by atoms with Gasteiger partial charge in [-0.2, -0.15) is 0 Å². The standard InChI is InChI=1S/C38H40N5O13PS2/c1-51-31-17-23-25(40-35(55-58(47)48)29-15-21-7-3-5-9-27(21)42(29)37(23)44)19-33(31)53-11-13-57(39,46)14-12-54-34-20-26-24(18-32(34)52-2)38(45)43-28-10-6-4-8-22(28)16-30(43)36(41-26)56-59(49)50/h3-10,17-20,29-30,35-36,40-41,58-59H,11-16H2,1-2H3,(H2,39,46)/t29-,30-,35?,36?,57?/m0/s1. The molecule has 2 amide bonds. The average Bonchev–Trinajstić information content (AvgIpc) is 3.73. The van der Waals surface area contributed by atoms with Crippen LogP contribution < -0.4 is 44.9 Å². The number of nitrogens with two attached hydrogens (primary N) is 1. The summed E-state index contributed by atoms with van der Waals surface area (Å²) in [5, 5.41) is 6.12. The lowest BCUT2D eigenvalue weighted by Crippen LogP contribution is -2.47. The number of amides is 2. The van der Waals surface area contributed by atoms with Crippen LogP contribution in [0.1, 0.15) is 31.8 Å². The van der Waals surface area contributed by atoms with Crippen molar-refractivity contribution in [2.45, 2.75) is 37.4 Å². The van der Waals surface area contributed by atoms with Crippen molar-refractivity contribution in [1.82, 2.24) is 0 Å². The predicted molar refractivity (Wildman–Crippen MR) is 218 cm³/mol. The van der Waals surface area contributed by atoms with Gasteiger partial charge in [-0.15, -0.1) is 0 Å². The van der Waals surface area contributed by atoms with Crippen molar-refractivity contribution in [2.75, 3.05) is 60.2 Å². The van der Waals surface area contributed by atoms with E-state index >= 15 is 0 Å². The molecule has 0 spiro atoms. The van der Waals surface area contributed by atoms with Crippen molar-refractivity contribution in [2.24, 2.45) is 5.50 Å². The van der Waals surface area contributed by atoms with Crippen molar-refractivity contribution < 1.29 is 58.3 Å². The van der Waals surface area contributed by atoms with Gasteiger partial charge in [-0.1, -0.05) is 36.4 Å². The van der Waals surface area contributed by atoms with Gasteiger partial charge in [-0.25, -0.2) is 25.2 Å². The van der Waals surface area contributed by atoms with Gasteiger partial charge in [-0.3, -0.25) is 15.1 Å². The number of para-hydroxylation sites is 2. The van der Waals surface area contributed by atoms with Crippen LogP contribution >= 0.6 is 7.29 Å². The zero-order valence-electron chi connectivity index (χ0n) is 31.6. The number of benzene rings is 4. The topological polar surface area (TPSA) is 231 Å². The van der Waals surface area contributed by atoms with Crippen LogP contribution in [0, 0.1) is 0 Å². The van der Waals surface area contributed by atoms with E-state index in [1.54, 1.807) is 24.3 Å². The second-order valence-electron chi connectivity index (χ2n) is 14.1. The maximum atomic E-state index is 14.0. The van der Waals surface area contributed by atoms with Crippen LogP contribution in [-0.4, -0.2) is 92.9 Å². The molecule has 18 nitrogen and oxygen atoms in total. The molecule has 0 radical (unpaired) electrons. The van der Waals surface area contributed by atoms with Crippen LogP contribution in [0.5, 0.6) is 23.0 Å². The van der Waals surface area contributed by atoms with Gasteiger partial charge in [0.25, 0.3) is 33.8 Å². The van der Waals surface area contributed by atoms with Gasteiger partial charge in [0.05, 0.1) is 62.0 Å². The van der Waals surface area contributed by atoms with Gasteiger partial charge >= 0.3 is 0 Å². The molecule has 4 atom stereocenters. The number of ether oxygens (including phenoxy) is 4. The van der Waals surface area contributed by atoms with Gasteiger partial charge in [0.2, 0.25) is 0 Å². The Hall–Kier alpha value is -5.37. The minimum absolute atomic E-state index is 0.0829. The quantitative estimate of drug-likeness (QED) is 0.0905. The first-order chi connectivity index (χ1) is 28.3. The molecular weight excluding hydrogens is 830 g/mol. The number of methoxy groups -OCH3 is 2. The maximum Gasteiger partial charge on any atom is 0.260 e. The summed E-state index contributed by atoms with van der Waals surface area (Å²) >= 11 is 0. The van der Waals surface area contributed by atoms with Crippen LogP contribution in [0.3, 0.4) is 0 Å². The molecule has 312 valence electrons. The number of anilines is 4. The Kier molecular flexibility index (Phi) is 11.2. The Labute approximate surface area is 342 Å². The highest BCUT2D eigenvalue weighted by molar-refractivity contribution is 7.67. The van der Waals surface area contributed by atoms with E-state index in [2.05, 4.69) is 10.6 Å². The number of nitrogens with zero attached hydrogens (tertiary/aromatic N) is 2. The Balaban J connectivity index is 0.951. The number of carbonyl (C=O) groups is 2. The SMILES string of the molecule is COc1cc2c(cc1OCCP(N)(=O)CCOc1cc3c(cc1OC)C(=O)N1c4ccccc4C[C@H]1C(O[SH](=O)=O)N3)NC(O[SH](=O)=O)[C@@H]1Cc3ccccc3N1C2=O. The molecule has 2 unspecified atom stereocenters. The molecule has 59 heavy (non-hydrogen) atoms. The summed E-state index contributed by atoms with van der Waals surface area (Å²) < 4.78 is 94.2. The molecule has 4 aromatic rings. The minimum atomic E-state index is -3.39. The van der Waals surface area contributed by atoms with Crippen LogP contribution in [0.4, 0.5) is 22.7 Å². The summed E-state index contributed by atoms with van der Waals surface area (Å²) in [7, 11) is -7.15. The second-order valence-corrected chi connectivity index (χ2v) is 18.2. The Morgan fingerprint density at radius 1 is 0.661 bits per heavy atom. The lowest BCUT2D eigenvalue weighted by atomic mass is 10.1. The van der Waals surface area contributed by atoms with Crippen LogP contribution in [0.15, 0.2) is 72.8 Å². The van der Waals surface area contributed by atoms with Gasteiger partial charge in [-0.05, 0) is 48.2 Å². The highest BCUT2D eigenvalue weighted by atomic mass is 32.2. The van der Waals surface area contributed by atoms with Crippen LogP contribution in [0.25, 0.3) is 0 Å². The molecule has 0 aromatic heterocycles. The molecule has 4 heterocycles. The van der Waals surface area contributed by atoms with E-state index in [1.165, 1.54) is 48.3 Å². The molecule has 8 rings (SSSR count). The number of nitrogens with one attached hydrogen (secondary N) is 2. The summed E-state index contributed by atoms with van der Waals surface area (Å²) in [6.07, 6.45) is -1.66. The maximum absolute atomic E-state index is 14.0. The molecule has 0 aliphatic carbocycles. The van der Waals surface area contributed by atoms with E-state index in [1.807, 2.05) is 24.3 Å². The van der Waals surface area contributed by atoms with Gasteiger partial charge < -0.3 is 43.9 Å². The van der Waals surface area contributed by atoms with Gasteiger partial charge in [0, 0.05) is 35.8 Å². The van der Waals surface area contributed by atoms with Gasteiger partial charge in [0.15, 0.2) is 42.7 Å². The first kappa shape index (κ1) is 40.4. The largest absolute Gasteiger partial charge is 0.493 e. The molecule has 4 aliphatic rings. The monoisotopic (exact) mass is 869 g/mol. The van der Waals surface area contributed by atoms with Crippen molar-refractivity contribution in [3.05, 3.63) is 95.1 Å². The first-order valence-electron chi connectivity index (χ1n) is 18.4. The molecule has 4 aromatic carbocycles. The number of hydrogen-bond acceptors (Lipinski definition) is 15. The average molecular weight is 870 g/mol. The summed E-state index contributed by atoms with van der Waals surface area (Å²) in [6.45, 7) is -0.243. The highest BCUT2D eigenvalue weighted by Crippen LogP contribution is 2.45. The summed E-state index contributed by atoms with van der Waals surface area (Å²) in [5.41, 5.74) is 10.2. The zero-order chi connectivity index (χ0) is 41.6. The zero-order valence-corrected chi connectivity index (χ0v) is 34.3. The number of carbonyl (C=O) groups excluding carboxylic acids is 2. The molecular formula is C38H40N5O13PS2. The summed E-state index contributed by atoms with van der Waals surface area (Å²) in [5.74, 6) is -0.0143. The van der Waals surface area contributed by atoms with Crippen molar-refractivity contribution in [3.8, 4) is 23.0 Å². The number of hydrogen-bond donors (Lipinski definition) is 5. The van der Waals surface area contributed by atoms with E-state index in [0.717, 1.165) is 11.1 Å². The number of rotatable bonds is 14. The smallest absolute Gasteiger partial charge is 0.260 e. The highest BCUT2D eigenvalue weighted by Gasteiger charge is 2.45. The normalized spacial score (nSPS) is 21.1. The lowest BCUT2D eigenvalue weighted by molar-refractivity contribution is 0.0957. The third-order valence-electron chi connectivity index (χ3n) is 10.7. The minimum Gasteiger partial charge on any atom is -0.493 e. The Morgan fingerprint density at radius 3 is 1.46 bits per heavy atom. The fourth-order valence-corrected chi connectivity index (χ4v) is 9.74. The molecule has 0 saturated carbocycles. The van der Waals surface area contributed by atoms with Crippen molar-refractivity contribution >= 4 is 63.8 Å². The Morgan fingerprint density at radius 2 is 1.07 bits per heavy atom. The van der Waals surface area contributed by atoms with E-state index in [0.29, 0.717) is 24.2 Å². The fourth-order valence-electron chi connectivity index (χ4n) is 7.96. The molecule has 21 heteroatoms. The van der Waals surface area contributed by atoms with Gasteiger partial charge in [0.1, 0.15) is 0 Å². The molecule has 0 bridgehead atoms. The van der Waals surface area contributed by atoms with Crippen molar-refractivity contribution in [3.63, 3.8) is 0 Å². The molecule has 0 fully saturated rings. The van der Waals surface area contributed by atoms with E-state index in [4.69, 9.17) is 32.8 Å². The summed E-state index contributed by atoms with van der Waals surface area (Å²) in [6, 6.07) is 19.2. The molecule has 4 N–H and O–H groups in total. The molecule has 0 saturated heterocycles. The fraction of sp³-hybridized carbons (Fsp3) is 0.316.